The molecule has 0 aliphatic carbocycles. The van der Waals surface area contributed by atoms with Gasteiger partial charge in [0.15, 0.2) is 12.1 Å². The smallest absolute Gasteiger partial charge is 0.187 e. The van der Waals surface area contributed by atoms with Crippen LogP contribution in [0.2, 0.25) is 0 Å². The summed E-state index contributed by atoms with van der Waals surface area (Å²) < 4.78 is 17.5. The highest BCUT2D eigenvalue weighted by Crippen LogP contribution is 2.37. The summed E-state index contributed by atoms with van der Waals surface area (Å²) in [5.74, 6) is -0.493. The van der Waals surface area contributed by atoms with Gasteiger partial charge in [0.2, 0.25) is 0 Å². The van der Waals surface area contributed by atoms with E-state index in [1.165, 1.54) is 0 Å². The third-order valence-electron chi connectivity index (χ3n) is 4.42. The minimum Gasteiger partial charge on any atom is -0.345 e. The molecular weight excluding hydrogens is 244 g/mol. The molecular formula is C14H26N2O3. The number of nitrogens with two attached hydrogens (primary N) is 1. The van der Waals surface area contributed by atoms with E-state index in [1.807, 2.05) is 13.8 Å². The highest BCUT2D eigenvalue weighted by molar-refractivity contribution is 4.90. The van der Waals surface area contributed by atoms with Crippen LogP contribution in [0.25, 0.3) is 0 Å². The molecule has 0 unspecified atom stereocenters. The molecule has 19 heavy (non-hydrogen) atoms. The van der Waals surface area contributed by atoms with E-state index in [1.54, 1.807) is 0 Å². The Hall–Kier alpha value is -0.200. The first kappa shape index (κ1) is 13.8. The Labute approximate surface area is 115 Å². The summed E-state index contributed by atoms with van der Waals surface area (Å²) in [6.07, 6.45) is 3.21. The van der Waals surface area contributed by atoms with Crippen molar-refractivity contribution in [1.82, 2.24) is 4.90 Å². The van der Waals surface area contributed by atoms with Gasteiger partial charge < -0.3 is 24.8 Å². The zero-order valence-corrected chi connectivity index (χ0v) is 12.2. The Morgan fingerprint density at radius 1 is 1.16 bits per heavy atom. The van der Waals surface area contributed by atoms with E-state index in [4.69, 9.17) is 19.9 Å². The maximum absolute atomic E-state index is 6.15. The Morgan fingerprint density at radius 3 is 2.47 bits per heavy atom. The minimum atomic E-state index is -0.493. The van der Waals surface area contributed by atoms with Gasteiger partial charge in [-0.05, 0) is 46.7 Å². The molecule has 3 aliphatic rings. The zero-order chi connectivity index (χ0) is 13.7. The van der Waals surface area contributed by atoms with E-state index >= 15 is 0 Å². The summed E-state index contributed by atoms with van der Waals surface area (Å²) in [5, 5.41) is 0. The molecule has 0 spiro atoms. The van der Waals surface area contributed by atoms with Crippen molar-refractivity contribution in [2.24, 2.45) is 5.73 Å². The first-order valence-corrected chi connectivity index (χ1v) is 7.35. The Bertz CT molecular complexity index is 320. The number of hydrogen-bond acceptors (Lipinski definition) is 5. The molecule has 2 N–H and O–H groups in total. The summed E-state index contributed by atoms with van der Waals surface area (Å²) in [7, 11) is 0. The molecule has 3 saturated heterocycles. The third kappa shape index (κ3) is 3.11. The molecule has 0 aromatic heterocycles. The maximum atomic E-state index is 6.15. The van der Waals surface area contributed by atoms with Gasteiger partial charge in [0.25, 0.3) is 0 Å². The summed E-state index contributed by atoms with van der Waals surface area (Å²) >= 11 is 0. The van der Waals surface area contributed by atoms with Gasteiger partial charge in [-0.3, -0.25) is 0 Å². The number of ether oxygens (including phenoxy) is 3. The van der Waals surface area contributed by atoms with Crippen molar-refractivity contribution < 1.29 is 14.2 Å². The van der Waals surface area contributed by atoms with Crippen LogP contribution in [0.4, 0.5) is 0 Å². The largest absolute Gasteiger partial charge is 0.345 e. The standard InChI is InChI=1S/C14H26N2O3/c1-13(2)18-11-8-10(17-12(11)19-13)9-16-6-4-14(3,15)5-7-16/h10-12H,4-9,15H2,1-3H3/t10-,11-,12-/m1/s1. The normalized spacial score (nSPS) is 41.4. The van der Waals surface area contributed by atoms with Gasteiger partial charge in [-0.2, -0.15) is 0 Å². The molecule has 3 heterocycles. The lowest BCUT2D eigenvalue weighted by Crippen LogP contribution is -2.49. The van der Waals surface area contributed by atoms with Gasteiger partial charge in [-0.25, -0.2) is 0 Å². The highest BCUT2D eigenvalue weighted by Gasteiger charge is 2.48. The zero-order valence-electron chi connectivity index (χ0n) is 12.2. The number of fused-ring (bicyclic) bond motifs is 1. The topological polar surface area (TPSA) is 57.0 Å². The van der Waals surface area contributed by atoms with Crippen LogP contribution in [0.3, 0.4) is 0 Å². The monoisotopic (exact) mass is 270 g/mol. The van der Waals surface area contributed by atoms with Crippen molar-refractivity contribution in [2.75, 3.05) is 19.6 Å². The van der Waals surface area contributed by atoms with Crippen molar-refractivity contribution in [3.63, 3.8) is 0 Å². The molecule has 3 rings (SSSR count). The molecule has 0 bridgehead atoms. The molecule has 3 aliphatic heterocycles. The third-order valence-corrected chi connectivity index (χ3v) is 4.42. The van der Waals surface area contributed by atoms with Gasteiger partial charge in [0.1, 0.15) is 6.10 Å². The molecule has 0 radical (unpaired) electrons. The summed E-state index contributed by atoms with van der Waals surface area (Å²) in [5.41, 5.74) is 6.17. The average molecular weight is 270 g/mol. The van der Waals surface area contributed by atoms with Gasteiger partial charge in [0, 0.05) is 18.5 Å². The van der Waals surface area contributed by atoms with Gasteiger partial charge in [0.05, 0.1) is 6.10 Å². The fourth-order valence-corrected chi connectivity index (χ4v) is 3.23. The molecule has 5 nitrogen and oxygen atoms in total. The van der Waals surface area contributed by atoms with E-state index in [0.29, 0.717) is 0 Å². The Kier molecular flexibility index (Phi) is 3.38. The van der Waals surface area contributed by atoms with E-state index < -0.39 is 5.79 Å². The second-order valence-electron chi connectivity index (χ2n) is 6.99. The van der Waals surface area contributed by atoms with Crippen LogP contribution in [0, 0.1) is 0 Å². The quantitative estimate of drug-likeness (QED) is 0.813. The van der Waals surface area contributed by atoms with Gasteiger partial charge >= 0.3 is 0 Å². The van der Waals surface area contributed by atoms with E-state index in [0.717, 1.165) is 38.9 Å². The highest BCUT2D eigenvalue weighted by atomic mass is 16.8. The lowest BCUT2D eigenvalue weighted by Gasteiger charge is -2.37. The Morgan fingerprint density at radius 2 is 1.84 bits per heavy atom. The fourth-order valence-electron chi connectivity index (χ4n) is 3.23. The molecule has 0 amide bonds. The van der Waals surface area contributed by atoms with Crippen molar-refractivity contribution in [3.05, 3.63) is 0 Å². The number of piperidine rings is 1. The molecule has 0 aromatic rings. The van der Waals surface area contributed by atoms with E-state index in [2.05, 4.69) is 11.8 Å². The summed E-state index contributed by atoms with van der Waals surface area (Å²) in [6, 6.07) is 0. The van der Waals surface area contributed by atoms with Crippen molar-refractivity contribution in [3.8, 4) is 0 Å². The van der Waals surface area contributed by atoms with Gasteiger partial charge in [-0.1, -0.05) is 0 Å². The predicted octanol–water partition coefficient (Wildman–Crippen LogP) is 1.07. The SMILES string of the molecule is CC1(N)CCN(C[C@H]2C[C@H]3OC(C)(C)O[C@H]3O2)CC1. The second kappa shape index (κ2) is 4.67. The van der Waals surface area contributed by atoms with Crippen molar-refractivity contribution >= 4 is 0 Å². The van der Waals surface area contributed by atoms with E-state index in [-0.39, 0.29) is 24.0 Å². The Balaban J connectivity index is 1.47. The number of nitrogens with zero attached hydrogens (tertiary/aromatic N) is 1. The minimum absolute atomic E-state index is 0.0137. The van der Waals surface area contributed by atoms with Crippen LogP contribution >= 0.6 is 0 Å². The number of rotatable bonds is 2. The first-order chi connectivity index (χ1) is 8.83. The molecule has 5 heteroatoms. The van der Waals surface area contributed by atoms with Crippen molar-refractivity contribution in [2.45, 2.75) is 69.9 Å². The predicted molar refractivity (Wildman–Crippen MR) is 71.6 cm³/mol. The maximum Gasteiger partial charge on any atom is 0.187 e. The molecule has 0 aromatic carbocycles. The molecule has 3 fully saturated rings. The van der Waals surface area contributed by atoms with Crippen molar-refractivity contribution in [1.29, 1.82) is 0 Å². The second-order valence-corrected chi connectivity index (χ2v) is 6.99. The van der Waals surface area contributed by atoms with Crippen LogP contribution in [-0.4, -0.2) is 54.4 Å². The molecule has 0 saturated carbocycles. The first-order valence-electron chi connectivity index (χ1n) is 7.35. The number of hydrogen-bond donors (Lipinski definition) is 1. The van der Waals surface area contributed by atoms with Crippen LogP contribution in [0.15, 0.2) is 0 Å². The summed E-state index contributed by atoms with van der Waals surface area (Å²) in [4.78, 5) is 2.45. The van der Waals surface area contributed by atoms with E-state index in [9.17, 15) is 0 Å². The lowest BCUT2D eigenvalue weighted by molar-refractivity contribution is -0.206. The molecule has 3 atom stereocenters. The van der Waals surface area contributed by atoms with Crippen LogP contribution < -0.4 is 5.73 Å². The van der Waals surface area contributed by atoms with Gasteiger partial charge in [-0.15, -0.1) is 0 Å². The van der Waals surface area contributed by atoms with Crippen LogP contribution in [0.1, 0.15) is 40.0 Å². The average Bonchev–Trinajstić information content (AvgIpc) is 2.74. The fraction of sp³-hybridized carbons (Fsp3) is 1.00. The number of likely N-dealkylation sites (tertiary alicyclic amines) is 1. The van der Waals surface area contributed by atoms with Crippen LogP contribution in [-0.2, 0) is 14.2 Å². The lowest BCUT2D eigenvalue weighted by atomic mass is 9.91. The molecule has 110 valence electrons. The van der Waals surface area contributed by atoms with Crippen LogP contribution in [0.5, 0.6) is 0 Å². The summed E-state index contributed by atoms with van der Waals surface area (Å²) in [6.45, 7) is 9.12.